The van der Waals surface area contributed by atoms with Crippen LogP contribution in [0.5, 0.6) is 5.75 Å². The van der Waals surface area contributed by atoms with E-state index >= 15 is 0 Å². The lowest BCUT2D eigenvalue weighted by Crippen LogP contribution is -2.48. The minimum absolute atomic E-state index is 0.0335. The maximum Gasteiger partial charge on any atom is 0.257 e. The van der Waals surface area contributed by atoms with Crippen molar-refractivity contribution in [3.05, 3.63) is 102 Å². The van der Waals surface area contributed by atoms with Gasteiger partial charge in [-0.1, -0.05) is 79.7 Å². The predicted molar refractivity (Wildman–Crippen MR) is 143 cm³/mol. The zero-order chi connectivity index (χ0) is 25.3. The third-order valence-corrected chi connectivity index (χ3v) is 6.98. The van der Waals surface area contributed by atoms with Crippen LogP contribution in [0.1, 0.15) is 53.6 Å². The van der Waals surface area contributed by atoms with Crippen LogP contribution >= 0.6 is 0 Å². The lowest BCUT2D eigenvalue weighted by atomic mass is 9.93. The second-order valence-corrected chi connectivity index (χ2v) is 9.49. The monoisotopic (exact) mass is 484 g/mol. The second-order valence-electron chi connectivity index (χ2n) is 9.49. The van der Waals surface area contributed by atoms with Crippen LogP contribution in [-0.4, -0.2) is 54.4 Å². The number of carbonyl (C=O) groups is 2. The molecule has 0 saturated carbocycles. The first kappa shape index (κ1) is 25.5. The molecule has 5 nitrogen and oxygen atoms in total. The van der Waals surface area contributed by atoms with Crippen molar-refractivity contribution >= 4 is 11.8 Å². The highest BCUT2D eigenvalue weighted by Crippen LogP contribution is 2.26. The summed E-state index contributed by atoms with van der Waals surface area (Å²) < 4.78 is 6.32. The molecule has 3 aromatic carbocycles. The van der Waals surface area contributed by atoms with Gasteiger partial charge in [-0.15, -0.1) is 0 Å². The van der Waals surface area contributed by atoms with Crippen LogP contribution < -0.4 is 4.74 Å². The van der Waals surface area contributed by atoms with Crippen LogP contribution in [0.25, 0.3) is 0 Å². The molecule has 1 heterocycles. The molecule has 0 fully saturated rings. The van der Waals surface area contributed by atoms with E-state index in [0.29, 0.717) is 37.4 Å². The molecule has 0 bridgehead atoms. The van der Waals surface area contributed by atoms with E-state index in [4.69, 9.17) is 4.74 Å². The van der Waals surface area contributed by atoms with Crippen LogP contribution in [-0.2, 0) is 11.2 Å². The minimum atomic E-state index is -0.200. The molecule has 0 aromatic heterocycles. The van der Waals surface area contributed by atoms with Crippen LogP contribution in [0.15, 0.2) is 84.9 Å². The van der Waals surface area contributed by atoms with Crippen molar-refractivity contribution in [1.82, 2.24) is 9.80 Å². The number of hydrogen-bond donors (Lipinski definition) is 0. The average Bonchev–Trinajstić information content (AvgIpc) is 2.92. The number of rotatable bonds is 5. The maximum absolute atomic E-state index is 14.1. The van der Waals surface area contributed by atoms with Crippen molar-refractivity contribution in [2.24, 2.45) is 0 Å². The molecular formula is C31H36N2O3. The van der Waals surface area contributed by atoms with Gasteiger partial charge in [-0.2, -0.15) is 0 Å². The summed E-state index contributed by atoms with van der Waals surface area (Å²) in [6.45, 7) is 3.66. The summed E-state index contributed by atoms with van der Waals surface area (Å²) in [5.41, 5.74) is 2.77. The number of fused-ring (bicyclic) bond motifs is 1. The third-order valence-electron chi connectivity index (χ3n) is 6.98. The Morgan fingerprint density at radius 3 is 2.28 bits per heavy atom. The van der Waals surface area contributed by atoms with E-state index in [-0.39, 0.29) is 23.8 Å². The molecule has 2 amide bonds. The molecule has 2 atom stereocenters. The van der Waals surface area contributed by atoms with Gasteiger partial charge in [-0.05, 0) is 48.9 Å². The van der Waals surface area contributed by atoms with Crippen molar-refractivity contribution in [2.75, 3.05) is 26.7 Å². The largest absolute Gasteiger partial charge is 0.491 e. The molecule has 0 saturated heterocycles. The van der Waals surface area contributed by atoms with Gasteiger partial charge < -0.3 is 14.5 Å². The zero-order valence-electron chi connectivity index (χ0n) is 21.3. The second kappa shape index (κ2) is 12.4. The highest BCUT2D eigenvalue weighted by Gasteiger charge is 2.31. The summed E-state index contributed by atoms with van der Waals surface area (Å²) in [7, 11) is 1.83. The van der Waals surface area contributed by atoms with E-state index in [1.807, 2.05) is 84.7 Å². The van der Waals surface area contributed by atoms with Gasteiger partial charge in [-0.25, -0.2) is 0 Å². The van der Waals surface area contributed by atoms with Gasteiger partial charge in [0.2, 0.25) is 5.91 Å². The number of para-hydroxylation sites is 1. The van der Waals surface area contributed by atoms with Crippen molar-refractivity contribution in [2.45, 2.75) is 44.6 Å². The van der Waals surface area contributed by atoms with E-state index in [9.17, 15) is 9.59 Å². The fourth-order valence-electron chi connectivity index (χ4n) is 4.95. The fourth-order valence-corrected chi connectivity index (χ4v) is 4.95. The number of hydrogen-bond acceptors (Lipinski definition) is 3. The lowest BCUT2D eigenvalue weighted by Gasteiger charge is -2.35. The molecule has 4 rings (SSSR count). The lowest BCUT2D eigenvalue weighted by molar-refractivity contribution is -0.136. The Kier molecular flexibility index (Phi) is 8.77. The Morgan fingerprint density at radius 2 is 1.56 bits per heavy atom. The van der Waals surface area contributed by atoms with Crippen molar-refractivity contribution < 1.29 is 14.3 Å². The van der Waals surface area contributed by atoms with Crippen LogP contribution in [0.2, 0.25) is 0 Å². The number of nitrogens with zero attached hydrogens (tertiary/aromatic N) is 2. The number of carbonyl (C=O) groups excluding carboxylic acids is 2. The Hall–Kier alpha value is -3.60. The molecule has 1 aliphatic rings. The highest BCUT2D eigenvalue weighted by molar-refractivity contribution is 5.96. The van der Waals surface area contributed by atoms with Gasteiger partial charge in [-0.3, -0.25) is 9.59 Å². The minimum Gasteiger partial charge on any atom is -0.491 e. The first-order valence-corrected chi connectivity index (χ1v) is 12.9. The van der Waals surface area contributed by atoms with Gasteiger partial charge in [0.15, 0.2) is 0 Å². The first-order valence-electron chi connectivity index (χ1n) is 12.9. The summed E-state index contributed by atoms with van der Waals surface area (Å²) >= 11 is 0. The summed E-state index contributed by atoms with van der Waals surface area (Å²) in [6, 6.07) is 27.6. The van der Waals surface area contributed by atoms with E-state index in [1.54, 1.807) is 4.90 Å². The molecular weight excluding hydrogens is 448 g/mol. The summed E-state index contributed by atoms with van der Waals surface area (Å²) in [5, 5.41) is 0. The van der Waals surface area contributed by atoms with Gasteiger partial charge in [0.1, 0.15) is 12.4 Å². The fraction of sp³-hybridized carbons (Fsp3) is 0.355. The van der Waals surface area contributed by atoms with E-state index in [2.05, 4.69) is 19.1 Å². The summed E-state index contributed by atoms with van der Waals surface area (Å²) in [5.74, 6) is 0.473. The smallest absolute Gasteiger partial charge is 0.257 e. The number of ether oxygens (including phenoxy) is 1. The third kappa shape index (κ3) is 6.14. The van der Waals surface area contributed by atoms with Crippen molar-refractivity contribution in [1.29, 1.82) is 0 Å². The molecule has 0 aliphatic carbocycles. The molecule has 0 N–H and O–H groups in total. The van der Waals surface area contributed by atoms with Crippen LogP contribution in [0, 0.1) is 0 Å². The van der Waals surface area contributed by atoms with Crippen molar-refractivity contribution in [3.63, 3.8) is 0 Å². The van der Waals surface area contributed by atoms with Gasteiger partial charge in [0.05, 0.1) is 17.5 Å². The molecule has 188 valence electrons. The Balaban J connectivity index is 1.69. The van der Waals surface area contributed by atoms with Crippen LogP contribution in [0.4, 0.5) is 0 Å². The Labute approximate surface area is 214 Å². The molecule has 0 spiro atoms. The average molecular weight is 485 g/mol. The first-order chi connectivity index (χ1) is 17.6. The molecule has 5 heteroatoms. The summed E-state index contributed by atoms with van der Waals surface area (Å²) in [6.07, 6.45) is 3.07. The maximum atomic E-state index is 14.1. The van der Waals surface area contributed by atoms with Crippen molar-refractivity contribution in [3.8, 4) is 5.75 Å². The van der Waals surface area contributed by atoms with E-state index in [1.165, 1.54) is 0 Å². The normalized spacial score (nSPS) is 17.8. The van der Waals surface area contributed by atoms with E-state index in [0.717, 1.165) is 30.4 Å². The number of amides is 2. The highest BCUT2D eigenvalue weighted by atomic mass is 16.5. The van der Waals surface area contributed by atoms with Gasteiger partial charge in [0, 0.05) is 20.1 Å². The Morgan fingerprint density at radius 1 is 0.917 bits per heavy atom. The predicted octanol–water partition coefficient (Wildman–Crippen LogP) is 5.56. The standard InChI is InChI=1S/C31H36N2O3/c1-3-27(25-16-8-5-9-17-25)31(35)33-21-13-12-20-32(2)30(34)28-18-10-11-19-29(28)36-23-26(33)22-24-14-6-4-7-15-24/h4-11,14-19,26-27H,3,12-13,20-23H2,1-2H3/t26-,27?/m0/s1. The van der Waals surface area contributed by atoms with Gasteiger partial charge >= 0.3 is 0 Å². The van der Waals surface area contributed by atoms with E-state index < -0.39 is 0 Å². The molecule has 0 radical (unpaired) electrons. The molecule has 1 aliphatic heterocycles. The Bertz CT molecular complexity index is 1130. The molecule has 1 unspecified atom stereocenters. The van der Waals surface area contributed by atoms with Crippen LogP contribution in [0.3, 0.4) is 0 Å². The summed E-state index contributed by atoms with van der Waals surface area (Å²) in [4.78, 5) is 31.0. The number of benzene rings is 3. The zero-order valence-corrected chi connectivity index (χ0v) is 21.3. The SMILES string of the molecule is CCC(C(=O)N1CCCCN(C)C(=O)c2ccccc2OC[C@@H]1Cc1ccccc1)c1ccccc1. The quantitative estimate of drug-likeness (QED) is 0.476. The topological polar surface area (TPSA) is 49.9 Å². The molecule has 3 aromatic rings. The van der Waals surface area contributed by atoms with Gasteiger partial charge in [0.25, 0.3) is 5.91 Å². The molecule has 36 heavy (non-hydrogen) atoms.